The first-order valence-electron chi connectivity index (χ1n) is 10.1. The molecule has 1 saturated heterocycles. The molecule has 0 unspecified atom stereocenters. The second-order valence-corrected chi connectivity index (χ2v) is 8.51. The lowest BCUT2D eigenvalue weighted by Crippen LogP contribution is -2.46. The van der Waals surface area contributed by atoms with Gasteiger partial charge in [0, 0.05) is 49.5 Å². The quantitative estimate of drug-likeness (QED) is 0.647. The third kappa shape index (κ3) is 5.43. The Labute approximate surface area is 180 Å². The van der Waals surface area contributed by atoms with E-state index in [0.717, 1.165) is 60.4 Å². The molecule has 1 aromatic heterocycles. The number of carbonyl (C=O) groups excluding carboxylic acids is 1. The van der Waals surface area contributed by atoms with Gasteiger partial charge in [-0.3, -0.25) is 9.69 Å². The highest BCUT2D eigenvalue weighted by molar-refractivity contribution is 7.09. The summed E-state index contributed by atoms with van der Waals surface area (Å²) in [7, 11) is 0. The van der Waals surface area contributed by atoms with Gasteiger partial charge in [0.15, 0.2) is 0 Å². The highest BCUT2D eigenvalue weighted by atomic mass is 32.1. The molecule has 2 aromatic carbocycles. The van der Waals surface area contributed by atoms with Crippen LogP contribution in [0, 0.1) is 12.7 Å². The summed E-state index contributed by atoms with van der Waals surface area (Å²) in [6, 6.07) is 14.5. The van der Waals surface area contributed by atoms with Crippen LogP contribution in [0.15, 0.2) is 53.9 Å². The van der Waals surface area contributed by atoms with Gasteiger partial charge in [0.2, 0.25) is 5.91 Å². The van der Waals surface area contributed by atoms with Crippen molar-refractivity contribution in [1.82, 2.24) is 9.88 Å². The van der Waals surface area contributed by atoms with Gasteiger partial charge in [0.25, 0.3) is 0 Å². The first-order valence-corrected chi connectivity index (χ1v) is 11.0. The molecule has 1 aliphatic heterocycles. The number of rotatable bonds is 6. The lowest BCUT2D eigenvalue weighted by molar-refractivity contribution is -0.115. The smallest absolute Gasteiger partial charge is 0.231 e. The number of benzene rings is 2. The van der Waals surface area contributed by atoms with E-state index in [4.69, 9.17) is 0 Å². The molecule has 30 heavy (non-hydrogen) atoms. The molecule has 2 heterocycles. The molecular weight excluding hydrogens is 399 g/mol. The van der Waals surface area contributed by atoms with Gasteiger partial charge in [-0.05, 0) is 43.3 Å². The number of hydrogen-bond acceptors (Lipinski definition) is 5. The van der Waals surface area contributed by atoms with Crippen LogP contribution in [0.4, 0.5) is 15.8 Å². The molecule has 4 rings (SSSR count). The molecule has 0 bridgehead atoms. The van der Waals surface area contributed by atoms with E-state index in [0.29, 0.717) is 0 Å². The fraction of sp³-hybridized carbons (Fsp3) is 0.304. The van der Waals surface area contributed by atoms with E-state index in [2.05, 4.69) is 20.1 Å². The normalized spacial score (nSPS) is 14.7. The van der Waals surface area contributed by atoms with Crippen molar-refractivity contribution in [2.45, 2.75) is 19.9 Å². The number of thiazole rings is 1. The van der Waals surface area contributed by atoms with Gasteiger partial charge in [-0.25, -0.2) is 9.37 Å². The van der Waals surface area contributed by atoms with Gasteiger partial charge in [-0.15, -0.1) is 11.3 Å². The minimum Gasteiger partial charge on any atom is -0.369 e. The maximum atomic E-state index is 13.1. The summed E-state index contributed by atoms with van der Waals surface area (Å²) in [6.45, 7) is 6.47. The molecule has 0 atom stereocenters. The Morgan fingerprint density at radius 1 is 1.07 bits per heavy atom. The van der Waals surface area contributed by atoms with Crippen molar-refractivity contribution in [3.05, 3.63) is 76.0 Å². The number of hydrogen-bond donors (Lipinski definition) is 1. The van der Waals surface area contributed by atoms with E-state index in [1.165, 1.54) is 23.5 Å². The predicted octanol–water partition coefficient (Wildman–Crippen LogP) is 4.09. The van der Waals surface area contributed by atoms with Crippen LogP contribution in [-0.4, -0.2) is 42.0 Å². The zero-order valence-corrected chi connectivity index (χ0v) is 17.8. The number of carbonyl (C=O) groups is 1. The SMILES string of the molecule is Cc1ccc(NC(=O)Cc2nc(CN3CCN(c4ccc(F)cc4)CC3)cs2)cc1. The molecule has 1 fully saturated rings. The van der Waals surface area contributed by atoms with Crippen molar-refractivity contribution >= 4 is 28.6 Å². The van der Waals surface area contributed by atoms with Gasteiger partial charge in [0.05, 0.1) is 12.1 Å². The topological polar surface area (TPSA) is 48.5 Å². The largest absolute Gasteiger partial charge is 0.369 e. The van der Waals surface area contributed by atoms with Crippen LogP contribution < -0.4 is 10.2 Å². The third-order valence-electron chi connectivity index (χ3n) is 5.20. The fourth-order valence-electron chi connectivity index (χ4n) is 3.53. The van der Waals surface area contributed by atoms with E-state index in [9.17, 15) is 9.18 Å². The summed E-state index contributed by atoms with van der Waals surface area (Å²) in [5.74, 6) is -0.253. The number of amides is 1. The standard InChI is InChI=1S/C23H25FN4OS/c1-17-2-6-19(7-3-17)25-22(29)14-23-26-20(16-30-23)15-27-10-12-28(13-11-27)21-8-4-18(24)5-9-21/h2-9,16H,10-15H2,1H3,(H,25,29). The minimum absolute atomic E-state index is 0.0485. The number of anilines is 2. The summed E-state index contributed by atoms with van der Waals surface area (Å²) in [4.78, 5) is 21.6. The van der Waals surface area contributed by atoms with Crippen LogP contribution in [0.5, 0.6) is 0 Å². The number of halogens is 1. The van der Waals surface area contributed by atoms with Crippen molar-refractivity contribution < 1.29 is 9.18 Å². The average Bonchev–Trinajstić information content (AvgIpc) is 3.17. The Bertz CT molecular complexity index is 979. The van der Waals surface area contributed by atoms with Crippen LogP contribution >= 0.6 is 11.3 Å². The molecular formula is C23H25FN4OS. The van der Waals surface area contributed by atoms with Crippen LogP contribution in [-0.2, 0) is 17.8 Å². The Balaban J connectivity index is 1.25. The van der Waals surface area contributed by atoms with Crippen molar-refractivity contribution in [2.75, 3.05) is 36.4 Å². The van der Waals surface area contributed by atoms with E-state index >= 15 is 0 Å². The summed E-state index contributed by atoms with van der Waals surface area (Å²) >= 11 is 1.53. The molecule has 156 valence electrons. The first kappa shape index (κ1) is 20.5. The summed E-state index contributed by atoms with van der Waals surface area (Å²) < 4.78 is 13.1. The Hall–Kier alpha value is -2.77. The number of aryl methyl sites for hydroxylation is 1. The molecule has 0 radical (unpaired) electrons. The fourth-order valence-corrected chi connectivity index (χ4v) is 4.31. The van der Waals surface area contributed by atoms with Crippen molar-refractivity contribution in [1.29, 1.82) is 0 Å². The van der Waals surface area contributed by atoms with Crippen molar-refractivity contribution in [3.63, 3.8) is 0 Å². The van der Waals surface area contributed by atoms with Crippen LogP contribution in [0.25, 0.3) is 0 Å². The van der Waals surface area contributed by atoms with Gasteiger partial charge < -0.3 is 10.2 Å². The van der Waals surface area contributed by atoms with Gasteiger partial charge in [-0.1, -0.05) is 17.7 Å². The van der Waals surface area contributed by atoms with E-state index in [-0.39, 0.29) is 18.1 Å². The molecule has 1 amide bonds. The van der Waals surface area contributed by atoms with Crippen LogP contribution in [0.2, 0.25) is 0 Å². The molecule has 1 aliphatic rings. The lowest BCUT2D eigenvalue weighted by Gasteiger charge is -2.35. The maximum Gasteiger partial charge on any atom is 0.231 e. The van der Waals surface area contributed by atoms with Crippen LogP contribution in [0.1, 0.15) is 16.3 Å². The second kappa shape index (κ2) is 9.36. The number of piperazine rings is 1. The molecule has 0 aliphatic carbocycles. The number of aromatic nitrogens is 1. The van der Waals surface area contributed by atoms with Gasteiger partial charge in [0.1, 0.15) is 10.8 Å². The summed E-state index contributed by atoms with van der Waals surface area (Å²) in [6.07, 6.45) is 0.289. The van der Waals surface area contributed by atoms with Gasteiger partial charge in [-0.2, -0.15) is 0 Å². The minimum atomic E-state index is -0.204. The maximum absolute atomic E-state index is 13.1. The van der Waals surface area contributed by atoms with Crippen molar-refractivity contribution in [3.8, 4) is 0 Å². The van der Waals surface area contributed by atoms with E-state index in [1.54, 1.807) is 0 Å². The molecule has 0 saturated carbocycles. The number of nitrogens with one attached hydrogen (secondary N) is 1. The molecule has 7 heteroatoms. The number of nitrogens with zero attached hydrogens (tertiary/aromatic N) is 3. The predicted molar refractivity (Wildman–Crippen MR) is 120 cm³/mol. The van der Waals surface area contributed by atoms with Crippen LogP contribution in [0.3, 0.4) is 0 Å². The molecule has 3 aromatic rings. The van der Waals surface area contributed by atoms with E-state index in [1.807, 2.05) is 48.7 Å². The third-order valence-corrected chi connectivity index (χ3v) is 6.09. The lowest BCUT2D eigenvalue weighted by atomic mass is 10.2. The zero-order chi connectivity index (χ0) is 20.9. The van der Waals surface area contributed by atoms with E-state index < -0.39 is 0 Å². The first-order chi connectivity index (χ1) is 14.5. The summed E-state index contributed by atoms with van der Waals surface area (Å²) in [5.41, 5.74) is 4.04. The Morgan fingerprint density at radius 2 is 1.77 bits per heavy atom. The Kier molecular flexibility index (Phi) is 6.40. The van der Waals surface area contributed by atoms with Gasteiger partial charge >= 0.3 is 0 Å². The molecule has 0 spiro atoms. The molecule has 1 N–H and O–H groups in total. The average molecular weight is 425 g/mol. The monoisotopic (exact) mass is 424 g/mol. The molecule has 5 nitrogen and oxygen atoms in total. The second-order valence-electron chi connectivity index (χ2n) is 7.56. The summed E-state index contributed by atoms with van der Waals surface area (Å²) in [5, 5.41) is 5.80. The zero-order valence-electron chi connectivity index (χ0n) is 17.0. The van der Waals surface area contributed by atoms with Crippen molar-refractivity contribution in [2.24, 2.45) is 0 Å². The Morgan fingerprint density at radius 3 is 2.47 bits per heavy atom. The highest BCUT2D eigenvalue weighted by Crippen LogP contribution is 2.19. The highest BCUT2D eigenvalue weighted by Gasteiger charge is 2.18.